The van der Waals surface area contributed by atoms with Crippen LogP contribution in [0.1, 0.15) is 5.82 Å². The first-order chi connectivity index (χ1) is 7.75. The monoisotopic (exact) mass is 249 g/mol. The number of rotatable bonds is 1. The SMILES string of the molecule is Cc1nnc(Cl)n1-c1ccc2sccc2c1. The number of aromatic nitrogens is 3. The summed E-state index contributed by atoms with van der Waals surface area (Å²) in [6.45, 7) is 1.89. The molecule has 2 aromatic heterocycles. The first kappa shape index (κ1) is 9.81. The Morgan fingerprint density at radius 1 is 1.25 bits per heavy atom. The van der Waals surface area contributed by atoms with E-state index < -0.39 is 0 Å². The molecule has 16 heavy (non-hydrogen) atoms. The molecule has 0 fully saturated rings. The number of hydrogen-bond acceptors (Lipinski definition) is 3. The van der Waals surface area contributed by atoms with Crippen molar-refractivity contribution in [1.29, 1.82) is 0 Å². The third-order valence-electron chi connectivity index (χ3n) is 2.48. The van der Waals surface area contributed by atoms with Crippen LogP contribution in [0.4, 0.5) is 0 Å². The molecule has 3 aromatic rings. The molecule has 0 saturated heterocycles. The summed E-state index contributed by atoms with van der Waals surface area (Å²) in [6, 6.07) is 8.30. The van der Waals surface area contributed by atoms with E-state index in [9.17, 15) is 0 Å². The van der Waals surface area contributed by atoms with E-state index in [-0.39, 0.29) is 0 Å². The van der Waals surface area contributed by atoms with E-state index in [4.69, 9.17) is 11.6 Å². The van der Waals surface area contributed by atoms with Crippen LogP contribution in [0.2, 0.25) is 5.28 Å². The van der Waals surface area contributed by atoms with E-state index in [0.717, 1.165) is 11.5 Å². The highest BCUT2D eigenvalue weighted by Crippen LogP contribution is 2.25. The van der Waals surface area contributed by atoms with Crippen LogP contribution in [-0.2, 0) is 0 Å². The predicted octanol–water partition coefficient (Wildman–Crippen LogP) is 3.44. The summed E-state index contributed by atoms with van der Waals surface area (Å²) in [7, 11) is 0. The van der Waals surface area contributed by atoms with Crippen molar-refractivity contribution in [3.63, 3.8) is 0 Å². The van der Waals surface area contributed by atoms with E-state index >= 15 is 0 Å². The molecule has 0 atom stereocenters. The lowest BCUT2D eigenvalue weighted by Crippen LogP contribution is -1.96. The Labute approximate surface area is 101 Å². The Balaban J connectivity index is 2.25. The number of thiophene rings is 1. The molecule has 0 aliphatic heterocycles. The van der Waals surface area contributed by atoms with E-state index in [2.05, 4.69) is 33.8 Å². The Hall–Kier alpha value is -1.39. The maximum absolute atomic E-state index is 6.00. The average Bonchev–Trinajstić information content (AvgIpc) is 2.85. The van der Waals surface area contributed by atoms with Gasteiger partial charge in [-0.2, -0.15) is 0 Å². The number of benzene rings is 1. The summed E-state index contributed by atoms with van der Waals surface area (Å²) in [5.41, 5.74) is 0.999. The van der Waals surface area contributed by atoms with Gasteiger partial charge in [0.15, 0.2) is 0 Å². The molecule has 1 aromatic carbocycles. The lowest BCUT2D eigenvalue weighted by Gasteiger charge is -2.04. The van der Waals surface area contributed by atoms with E-state index in [1.807, 2.05) is 17.6 Å². The van der Waals surface area contributed by atoms with E-state index in [1.165, 1.54) is 10.1 Å². The molecule has 0 aliphatic carbocycles. The zero-order valence-corrected chi connectivity index (χ0v) is 10.1. The van der Waals surface area contributed by atoms with Gasteiger partial charge in [-0.05, 0) is 53.6 Å². The molecule has 0 spiro atoms. The number of halogens is 1. The maximum atomic E-state index is 6.00. The van der Waals surface area contributed by atoms with Gasteiger partial charge in [0.2, 0.25) is 5.28 Å². The van der Waals surface area contributed by atoms with Gasteiger partial charge in [0.25, 0.3) is 0 Å². The first-order valence-electron chi connectivity index (χ1n) is 4.81. The second-order valence-corrected chi connectivity index (χ2v) is 4.78. The summed E-state index contributed by atoms with van der Waals surface area (Å²) in [6.07, 6.45) is 0. The topological polar surface area (TPSA) is 30.7 Å². The van der Waals surface area contributed by atoms with Crippen molar-refractivity contribution in [2.45, 2.75) is 6.92 Å². The van der Waals surface area contributed by atoms with Crippen molar-refractivity contribution in [2.24, 2.45) is 0 Å². The lowest BCUT2D eigenvalue weighted by atomic mass is 10.2. The van der Waals surface area contributed by atoms with Crippen LogP contribution in [-0.4, -0.2) is 14.8 Å². The van der Waals surface area contributed by atoms with Gasteiger partial charge >= 0.3 is 0 Å². The molecule has 0 bridgehead atoms. The summed E-state index contributed by atoms with van der Waals surface area (Å²) >= 11 is 7.72. The molecule has 80 valence electrons. The van der Waals surface area contributed by atoms with Gasteiger partial charge in [0.05, 0.1) is 5.69 Å². The highest BCUT2D eigenvalue weighted by atomic mass is 35.5. The lowest BCUT2D eigenvalue weighted by molar-refractivity contribution is 0.971. The molecule has 0 N–H and O–H groups in total. The zero-order chi connectivity index (χ0) is 11.1. The first-order valence-corrected chi connectivity index (χ1v) is 6.06. The fourth-order valence-electron chi connectivity index (χ4n) is 1.72. The minimum absolute atomic E-state index is 0.395. The summed E-state index contributed by atoms with van der Waals surface area (Å²) < 4.78 is 3.10. The van der Waals surface area contributed by atoms with Gasteiger partial charge in [-0.1, -0.05) is 0 Å². The van der Waals surface area contributed by atoms with Crippen LogP contribution in [0, 0.1) is 6.92 Å². The van der Waals surface area contributed by atoms with Crippen LogP contribution in [0.15, 0.2) is 29.6 Å². The van der Waals surface area contributed by atoms with Crippen molar-refractivity contribution >= 4 is 33.0 Å². The van der Waals surface area contributed by atoms with Crippen molar-refractivity contribution in [2.75, 3.05) is 0 Å². The van der Waals surface area contributed by atoms with Crippen LogP contribution in [0.3, 0.4) is 0 Å². The molecule has 0 unspecified atom stereocenters. The second-order valence-electron chi connectivity index (χ2n) is 3.49. The normalized spacial score (nSPS) is 11.1. The summed E-state index contributed by atoms with van der Waals surface area (Å²) in [5, 5.41) is 11.5. The fourth-order valence-corrected chi connectivity index (χ4v) is 2.75. The molecular formula is C11H8ClN3S. The Bertz CT molecular complexity index is 637. The molecule has 3 nitrogen and oxygen atoms in total. The van der Waals surface area contributed by atoms with Crippen molar-refractivity contribution in [1.82, 2.24) is 14.8 Å². The Kier molecular flexibility index (Phi) is 2.19. The third kappa shape index (κ3) is 1.42. The molecule has 2 heterocycles. The zero-order valence-electron chi connectivity index (χ0n) is 8.51. The maximum Gasteiger partial charge on any atom is 0.229 e. The molecule has 5 heteroatoms. The van der Waals surface area contributed by atoms with E-state index in [0.29, 0.717) is 5.28 Å². The largest absolute Gasteiger partial charge is 0.270 e. The van der Waals surface area contributed by atoms with E-state index in [1.54, 1.807) is 11.3 Å². The molecule has 0 aliphatic rings. The Morgan fingerprint density at radius 2 is 2.12 bits per heavy atom. The number of fused-ring (bicyclic) bond motifs is 1. The van der Waals surface area contributed by atoms with Crippen molar-refractivity contribution in [3.8, 4) is 5.69 Å². The van der Waals surface area contributed by atoms with Gasteiger partial charge in [0.1, 0.15) is 5.82 Å². The number of hydrogen-bond donors (Lipinski definition) is 0. The van der Waals surface area contributed by atoms with Gasteiger partial charge in [0, 0.05) is 4.70 Å². The molecule has 0 amide bonds. The van der Waals surface area contributed by atoms with Crippen LogP contribution in [0.25, 0.3) is 15.8 Å². The van der Waals surface area contributed by atoms with Crippen molar-refractivity contribution in [3.05, 3.63) is 40.8 Å². The van der Waals surface area contributed by atoms with Crippen LogP contribution < -0.4 is 0 Å². The van der Waals surface area contributed by atoms with Crippen LogP contribution >= 0.6 is 22.9 Å². The average molecular weight is 250 g/mol. The molecule has 0 radical (unpaired) electrons. The highest BCUT2D eigenvalue weighted by Gasteiger charge is 2.08. The standard InChI is InChI=1S/C11H8ClN3S/c1-7-13-14-11(12)15(7)9-2-3-10-8(6-9)4-5-16-10/h2-6H,1H3. The molecule has 0 saturated carbocycles. The number of nitrogens with zero attached hydrogens (tertiary/aromatic N) is 3. The minimum Gasteiger partial charge on any atom is -0.270 e. The second kappa shape index (κ2) is 3.57. The smallest absolute Gasteiger partial charge is 0.229 e. The highest BCUT2D eigenvalue weighted by molar-refractivity contribution is 7.17. The third-order valence-corrected chi connectivity index (χ3v) is 3.62. The predicted molar refractivity (Wildman–Crippen MR) is 66.5 cm³/mol. The quantitative estimate of drug-likeness (QED) is 0.661. The van der Waals surface area contributed by atoms with Gasteiger partial charge in [-0.25, -0.2) is 0 Å². The Morgan fingerprint density at radius 3 is 2.88 bits per heavy atom. The van der Waals surface area contributed by atoms with Crippen LogP contribution in [0.5, 0.6) is 0 Å². The summed E-state index contributed by atoms with van der Waals surface area (Å²) in [4.78, 5) is 0. The summed E-state index contributed by atoms with van der Waals surface area (Å²) in [5.74, 6) is 0.791. The van der Waals surface area contributed by atoms with Crippen molar-refractivity contribution < 1.29 is 0 Å². The fraction of sp³-hybridized carbons (Fsp3) is 0.0909. The van der Waals surface area contributed by atoms with Gasteiger partial charge < -0.3 is 0 Å². The molecule has 3 rings (SSSR count). The van der Waals surface area contributed by atoms with Gasteiger partial charge in [-0.3, -0.25) is 4.57 Å². The molecular weight excluding hydrogens is 242 g/mol. The van der Waals surface area contributed by atoms with Gasteiger partial charge in [-0.15, -0.1) is 21.5 Å². The minimum atomic E-state index is 0.395. The number of aryl methyl sites for hydroxylation is 1.